The van der Waals surface area contributed by atoms with Crippen molar-refractivity contribution in [1.29, 1.82) is 0 Å². The summed E-state index contributed by atoms with van der Waals surface area (Å²) in [6.45, 7) is 1.85. The van der Waals surface area contributed by atoms with Crippen molar-refractivity contribution in [3.05, 3.63) is 58.4 Å². The quantitative estimate of drug-likeness (QED) is 0.861. The molecule has 0 amide bonds. The van der Waals surface area contributed by atoms with Crippen LogP contribution in [0.2, 0.25) is 5.02 Å². The van der Waals surface area contributed by atoms with Crippen molar-refractivity contribution in [2.24, 2.45) is 5.73 Å². The van der Waals surface area contributed by atoms with Crippen LogP contribution < -0.4 is 10.5 Å². The predicted molar refractivity (Wildman–Crippen MR) is 78.6 cm³/mol. The Hall–Kier alpha value is -1.65. The maximum absolute atomic E-state index is 13.6. The Balaban J connectivity index is 2.33. The molecule has 0 aliphatic rings. The second-order valence-electron chi connectivity index (χ2n) is 4.05. The Morgan fingerprint density at radius 2 is 1.95 bits per heavy atom. The van der Waals surface area contributed by atoms with Gasteiger partial charge >= 0.3 is 0 Å². The summed E-state index contributed by atoms with van der Waals surface area (Å²) in [6, 6.07) is 9.50. The monoisotopic (exact) mass is 295 g/mol. The van der Waals surface area contributed by atoms with Gasteiger partial charge in [0.2, 0.25) is 0 Å². The molecule has 0 aliphatic heterocycles. The van der Waals surface area contributed by atoms with Gasteiger partial charge < -0.3 is 10.5 Å². The van der Waals surface area contributed by atoms with Crippen molar-refractivity contribution in [2.45, 2.75) is 6.92 Å². The highest BCUT2D eigenvalue weighted by Gasteiger charge is 2.09. The zero-order valence-electron chi connectivity index (χ0n) is 10.1. The summed E-state index contributed by atoms with van der Waals surface area (Å²) in [5.41, 5.74) is 7.03. The molecule has 0 bridgehead atoms. The van der Waals surface area contributed by atoms with Gasteiger partial charge in [-0.25, -0.2) is 4.39 Å². The number of hydrogen-bond acceptors (Lipinski definition) is 2. The molecule has 2 aromatic carbocycles. The molecule has 0 aliphatic carbocycles. The van der Waals surface area contributed by atoms with E-state index in [1.807, 2.05) is 6.92 Å². The minimum atomic E-state index is -0.444. The molecule has 19 heavy (non-hydrogen) atoms. The van der Waals surface area contributed by atoms with Crippen LogP contribution in [0.5, 0.6) is 11.5 Å². The van der Waals surface area contributed by atoms with Gasteiger partial charge in [-0.1, -0.05) is 29.9 Å². The first kappa shape index (κ1) is 13.8. The predicted octanol–water partition coefficient (Wildman–Crippen LogP) is 4.21. The largest absolute Gasteiger partial charge is 0.453 e. The molecule has 0 radical (unpaired) electrons. The minimum absolute atomic E-state index is 0.130. The van der Waals surface area contributed by atoms with Crippen LogP contribution in [-0.4, -0.2) is 4.99 Å². The number of thiocarbonyl (C=S) groups is 1. The van der Waals surface area contributed by atoms with Gasteiger partial charge in [0.15, 0.2) is 11.6 Å². The van der Waals surface area contributed by atoms with E-state index in [0.717, 1.165) is 5.56 Å². The van der Waals surface area contributed by atoms with Crippen LogP contribution in [0, 0.1) is 12.7 Å². The van der Waals surface area contributed by atoms with Crippen molar-refractivity contribution in [2.75, 3.05) is 0 Å². The summed E-state index contributed by atoms with van der Waals surface area (Å²) in [6.07, 6.45) is 0. The second-order valence-corrected chi connectivity index (χ2v) is 4.89. The van der Waals surface area contributed by atoms with Crippen LogP contribution in [0.25, 0.3) is 0 Å². The molecule has 0 atom stereocenters. The lowest BCUT2D eigenvalue weighted by molar-refractivity contribution is 0.442. The number of ether oxygens (including phenoxy) is 1. The van der Waals surface area contributed by atoms with E-state index in [9.17, 15) is 4.39 Å². The summed E-state index contributed by atoms with van der Waals surface area (Å²) < 4.78 is 19.1. The molecule has 98 valence electrons. The maximum Gasteiger partial charge on any atom is 0.165 e. The van der Waals surface area contributed by atoms with Crippen molar-refractivity contribution in [3.63, 3.8) is 0 Å². The molecule has 0 fully saturated rings. The minimum Gasteiger partial charge on any atom is -0.453 e. The molecule has 2 N–H and O–H groups in total. The molecule has 0 aromatic heterocycles. The van der Waals surface area contributed by atoms with Crippen LogP contribution in [-0.2, 0) is 0 Å². The van der Waals surface area contributed by atoms with Crippen LogP contribution in [0.3, 0.4) is 0 Å². The van der Waals surface area contributed by atoms with Gasteiger partial charge in [0.25, 0.3) is 0 Å². The number of halogens is 2. The fraction of sp³-hybridized carbons (Fsp3) is 0.0714. The molecule has 2 nitrogen and oxygen atoms in total. The van der Waals surface area contributed by atoms with Crippen LogP contribution >= 0.6 is 23.8 Å². The number of aryl methyl sites for hydroxylation is 1. The molecular formula is C14H11ClFNOS. The molecule has 5 heteroatoms. The highest BCUT2D eigenvalue weighted by atomic mass is 35.5. The van der Waals surface area contributed by atoms with Crippen LogP contribution in [0.4, 0.5) is 4.39 Å². The lowest BCUT2D eigenvalue weighted by atomic mass is 10.2. The third-order valence-corrected chi connectivity index (χ3v) is 3.05. The Bertz CT molecular complexity index is 645. The van der Waals surface area contributed by atoms with Crippen molar-refractivity contribution < 1.29 is 9.13 Å². The van der Waals surface area contributed by atoms with Gasteiger partial charge in [0, 0.05) is 5.56 Å². The van der Waals surface area contributed by atoms with Gasteiger partial charge in [0.05, 0.1) is 5.02 Å². The van der Waals surface area contributed by atoms with E-state index >= 15 is 0 Å². The number of benzene rings is 2. The molecule has 2 rings (SSSR count). The topological polar surface area (TPSA) is 35.2 Å². The summed E-state index contributed by atoms with van der Waals surface area (Å²) in [5.74, 6) is 0.0382. The standard InChI is InChI=1S/C14H11ClFNOS/c1-8-2-4-11(16)13(6-8)18-12-5-3-9(14(17)19)7-10(12)15/h2-7H,1H3,(H2,17,19). The lowest BCUT2D eigenvalue weighted by Gasteiger charge is -2.10. The lowest BCUT2D eigenvalue weighted by Crippen LogP contribution is -2.08. The van der Waals surface area contributed by atoms with Crippen molar-refractivity contribution in [1.82, 2.24) is 0 Å². The number of hydrogen-bond donors (Lipinski definition) is 1. The first-order chi connectivity index (χ1) is 8.97. The smallest absolute Gasteiger partial charge is 0.165 e. The normalized spacial score (nSPS) is 10.3. The van der Waals surface area contributed by atoms with E-state index in [4.69, 9.17) is 34.3 Å². The average molecular weight is 296 g/mol. The maximum atomic E-state index is 13.6. The molecule has 0 unspecified atom stereocenters. The highest BCUT2D eigenvalue weighted by Crippen LogP contribution is 2.31. The van der Waals surface area contributed by atoms with Gasteiger partial charge in [0.1, 0.15) is 10.7 Å². The Labute approximate surface area is 120 Å². The van der Waals surface area contributed by atoms with E-state index in [0.29, 0.717) is 16.3 Å². The summed E-state index contributed by atoms with van der Waals surface area (Å²) in [7, 11) is 0. The fourth-order valence-corrected chi connectivity index (χ4v) is 1.89. The molecule has 0 saturated heterocycles. The molecule has 2 aromatic rings. The van der Waals surface area contributed by atoms with Gasteiger partial charge in [-0.15, -0.1) is 0 Å². The zero-order valence-corrected chi connectivity index (χ0v) is 11.7. The van der Waals surface area contributed by atoms with E-state index in [-0.39, 0.29) is 10.7 Å². The molecule has 0 spiro atoms. The Kier molecular flexibility index (Phi) is 4.02. The highest BCUT2D eigenvalue weighted by molar-refractivity contribution is 7.80. The van der Waals surface area contributed by atoms with Gasteiger partial charge in [-0.2, -0.15) is 0 Å². The first-order valence-corrected chi connectivity index (χ1v) is 6.29. The zero-order chi connectivity index (χ0) is 14.0. The Morgan fingerprint density at radius 3 is 2.58 bits per heavy atom. The Morgan fingerprint density at radius 1 is 1.21 bits per heavy atom. The van der Waals surface area contributed by atoms with E-state index in [2.05, 4.69) is 0 Å². The van der Waals surface area contributed by atoms with Crippen molar-refractivity contribution >= 4 is 28.8 Å². The SMILES string of the molecule is Cc1ccc(F)c(Oc2ccc(C(N)=S)cc2Cl)c1. The van der Waals surface area contributed by atoms with Crippen LogP contribution in [0.1, 0.15) is 11.1 Å². The number of rotatable bonds is 3. The third kappa shape index (κ3) is 3.22. The summed E-state index contributed by atoms with van der Waals surface area (Å²) >= 11 is 10.9. The fourth-order valence-electron chi connectivity index (χ4n) is 1.54. The third-order valence-electron chi connectivity index (χ3n) is 2.52. The van der Waals surface area contributed by atoms with Gasteiger partial charge in [-0.3, -0.25) is 0 Å². The first-order valence-electron chi connectivity index (χ1n) is 5.51. The number of nitrogens with two attached hydrogens (primary N) is 1. The van der Waals surface area contributed by atoms with E-state index in [1.165, 1.54) is 6.07 Å². The molecule has 0 saturated carbocycles. The summed E-state index contributed by atoms with van der Waals surface area (Å²) in [4.78, 5) is 0.246. The summed E-state index contributed by atoms with van der Waals surface area (Å²) in [5, 5.41) is 0.325. The van der Waals surface area contributed by atoms with E-state index in [1.54, 1.807) is 30.3 Å². The van der Waals surface area contributed by atoms with Gasteiger partial charge in [-0.05, 0) is 42.8 Å². The average Bonchev–Trinajstić information content (AvgIpc) is 2.36. The molecule has 0 heterocycles. The van der Waals surface area contributed by atoms with Crippen molar-refractivity contribution in [3.8, 4) is 11.5 Å². The second kappa shape index (κ2) is 5.55. The van der Waals surface area contributed by atoms with E-state index < -0.39 is 5.82 Å². The molecular weight excluding hydrogens is 285 g/mol. The van der Waals surface area contributed by atoms with Crippen LogP contribution in [0.15, 0.2) is 36.4 Å².